The number of aryl methyl sites for hydroxylation is 1. The SMILES string of the molecule is Cc1cccc2c1ccc1cc(C(C)C)cc(C(=O)C=O)c12. The molecule has 0 aromatic heterocycles. The van der Waals surface area contributed by atoms with E-state index in [9.17, 15) is 9.59 Å². The van der Waals surface area contributed by atoms with Crippen molar-refractivity contribution < 1.29 is 9.59 Å². The second-order valence-corrected chi connectivity index (χ2v) is 6.04. The van der Waals surface area contributed by atoms with Gasteiger partial charge in [0, 0.05) is 10.9 Å². The average Bonchev–Trinajstić information content (AvgIpc) is 2.52. The summed E-state index contributed by atoms with van der Waals surface area (Å²) in [6, 6.07) is 14.2. The van der Waals surface area contributed by atoms with Gasteiger partial charge in [0.1, 0.15) is 0 Å². The van der Waals surface area contributed by atoms with Crippen LogP contribution in [0.3, 0.4) is 0 Å². The third kappa shape index (κ3) is 2.21. The quantitative estimate of drug-likeness (QED) is 0.300. The van der Waals surface area contributed by atoms with Gasteiger partial charge in [0.15, 0.2) is 6.29 Å². The highest BCUT2D eigenvalue weighted by atomic mass is 16.2. The van der Waals surface area contributed by atoms with Crippen LogP contribution in [0, 0.1) is 6.92 Å². The lowest BCUT2D eigenvalue weighted by atomic mass is 9.90. The van der Waals surface area contributed by atoms with Crippen LogP contribution < -0.4 is 0 Å². The van der Waals surface area contributed by atoms with Crippen molar-refractivity contribution in [3.8, 4) is 0 Å². The maximum Gasteiger partial charge on any atom is 0.226 e. The van der Waals surface area contributed by atoms with Crippen LogP contribution >= 0.6 is 0 Å². The van der Waals surface area contributed by atoms with Crippen LogP contribution in [0.25, 0.3) is 21.5 Å². The van der Waals surface area contributed by atoms with Gasteiger partial charge in [-0.05, 0) is 46.2 Å². The number of aldehydes is 1. The molecule has 2 heteroatoms. The Morgan fingerprint density at radius 1 is 1.05 bits per heavy atom. The summed E-state index contributed by atoms with van der Waals surface area (Å²) >= 11 is 0. The first-order chi connectivity index (χ1) is 10.5. The molecule has 0 radical (unpaired) electrons. The second kappa shape index (κ2) is 5.38. The molecule has 0 fully saturated rings. The van der Waals surface area contributed by atoms with E-state index in [0.717, 1.165) is 32.7 Å². The average molecular weight is 290 g/mol. The van der Waals surface area contributed by atoms with Crippen molar-refractivity contribution in [3.05, 3.63) is 59.2 Å². The summed E-state index contributed by atoms with van der Waals surface area (Å²) in [4.78, 5) is 23.2. The Balaban J connectivity index is 2.52. The van der Waals surface area contributed by atoms with Gasteiger partial charge in [-0.1, -0.05) is 50.2 Å². The van der Waals surface area contributed by atoms with E-state index in [-0.39, 0.29) is 0 Å². The van der Waals surface area contributed by atoms with Gasteiger partial charge in [-0.2, -0.15) is 0 Å². The van der Waals surface area contributed by atoms with E-state index in [1.165, 1.54) is 0 Å². The molecule has 0 aliphatic heterocycles. The van der Waals surface area contributed by atoms with Gasteiger partial charge in [-0.25, -0.2) is 0 Å². The number of carbonyl (C=O) groups excluding carboxylic acids is 2. The molecule has 0 bridgehead atoms. The summed E-state index contributed by atoms with van der Waals surface area (Å²) in [5.74, 6) is -0.155. The largest absolute Gasteiger partial charge is 0.294 e. The van der Waals surface area contributed by atoms with Gasteiger partial charge in [-0.3, -0.25) is 9.59 Å². The van der Waals surface area contributed by atoms with E-state index < -0.39 is 5.78 Å². The van der Waals surface area contributed by atoms with Crippen LogP contribution in [0.5, 0.6) is 0 Å². The van der Waals surface area contributed by atoms with Crippen molar-refractivity contribution in [2.75, 3.05) is 0 Å². The van der Waals surface area contributed by atoms with E-state index in [2.05, 4.69) is 39.0 Å². The Labute approximate surface area is 129 Å². The fourth-order valence-corrected chi connectivity index (χ4v) is 3.00. The molecule has 3 aromatic carbocycles. The fraction of sp³-hybridized carbons (Fsp3) is 0.200. The molecule has 0 saturated heterocycles. The standard InChI is InChI=1S/C20H18O2/c1-12(2)15-9-14-7-8-16-13(3)5-4-6-17(16)20(14)18(10-15)19(22)11-21/h4-12H,1-3H3. The molecular weight excluding hydrogens is 272 g/mol. The summed E-state index contributed by atoms with van der Waals surface area (Å²) in [5.41, 5.74) is 2.74. The molecule has 0 aliphatic rings. The van der Waals surface area contributed by atoms with E-state index in [1.807, 2.05) is 24.3 Å². The van der Waals surface area contributed by atoms with Crippen LogP contribution in [0.1, 0.15) is 41.3 Å². The number of rotatable bonds is 3. The highest BCUT2D eigenvalue weighted by Crippen LogP contribution is 2.32. The summed E-state index contributed by atoms with van der Waals surface area (Å²) in [6.45, 7) is 6.22. The zero-order valence-corrected chi connectivity index (χ0v) is 13.0. The molecule has 0 heterocycles. The van der Waals surface area contributed by atoms with E-state index in [1.54, 1.807) is 0 Å². The van der Waals surface area contributed by atoms with Crippen LogP contribution in [0.2, 0.25) is 0 Å². The number of fused-ring (bicyclic) bond motifs is 3. The molecule has 110 valence electrons. The minimum atomic E-state index is -0.457. The molecule has 3 rings (SSSR count). The number of carbonyl (C=O) groups is 2. The van der Waals surface area contributed by atoms with Gasteiger partial charge in [0.25, 0.3) is 0 Å². The fourth-order valence-electron chi connectivity index (χ4n) is 3.00. The summed E-state index contributed by atoms with van der Waals surface area (Å²) < 4.78 is 0. The zero-order chi connectivity index (χ0) is 15.9. The lowest BCUT2D eigenvalue weighted by Crippen LogP contribution is -2.03. The molecule has 0 aliphatic carbocycles. The smallest absolute Gasteiger partial charge is 0.226 e. The van der Waals surface area contributed by atoms with Crippen molar-refractivity contribution in [3.63, 3.8) is 0 Å². The van der Waals surface area contributed by atoms with Crippen molar-refractivity contribution >= 4 is 33.6 Å². The lowest BCUT2D eigenvalue weighted by molar-refractivity contribution is -0.104. The molecule has 0 amide bonds. The number of benzene rings is 3. The molecule has 3 aromatic rings. The summed E-state index contributed by atoms with van der Waals surface area (Å²) in [7, 11) is 0. The highest BCUT2D eigenvalue weighted by molar-refractivity contribution is 6.38. The van der Waals surface area contributed by atoms with E-state index >= 15 is 0 Å². The predicted molar refractivity (Wildman–Crippen MR) is 90.7 cm³/mol. The van der Waals surface area contributed by atoms with Crippen molar-refractivity contribution in [2.45, 2.75) is 26.7 Å². The van der Waals surface area contributed by atoms with Crippen LogP contribution in [-0.2, 0) is 4.79 Å². The van der Waals surface area contributed by atoms with Gasteiger partial charge in [0.05, 0.1) is 0 Å². The lowest BCUT2D eigenvalue weighted by Gasteiger charge is -2.13. The van der Waals surface area contributed by atoms with E-state index in [4.69, 9.17) is 0 Å². The van der Waals surface area contributed by atoms with Gasteiger partial charge in [0.2, 0.25) is 5.78 Å². The molecule has 0 N–H and O–H groups in total. The number of hydrogen-bond donors (Lipinski definition) is 0. The molecule has 2 nitrogen and oxygen atoms in total. The molecular formula is C20H18O2. The minimum Gasteiger partial charge on any atom is -0.294 e. The van der Waals surface area contributed by atoms with Crippen molar-refractivity contribution in [2.24, 2.45) is 0 Å². The maximum absolute atomic E-state index is 12.2. The molecule has 0 saturated carbocycles. The first kappa shape index (κ1) is 14.5. The Hall–Kier alpha value is -2.48. The Morgan fingerprint density at radius 2 is 1.82 bits per heavy atom. The molecule has 0 unspecified atom stereocenters. The molecule has 22 heavy (non-hydrogen) atoms. The van der Waals surface area contributed by atoms with Crippen LogP contribution in [0.15, 0.2) is 42.5 Å². The van der Waals surface area contributed by atoms with Gasteiger partial charge in [-0.15, -0.1) is 0 Å². The highest BCUT2D eigenvalue weighted by Gasteiger charge is 2.15. The monoisotopic (exact) mass is 290 g/mol. The predicted octanol–water partition coefficient (Wildman–Crippen LogP) is 4.81. The third-order valence-corrected chi connectivity index (χ3v) is 4.25. The Kier molecular flexibility index (Phi) is 3.53. The first-order valence-corrected chi connectivity index (χ1v) is 7.48. The summed E-state index contributed by atoms with van der Waals surface area (Å²) in [5, 5.41) is 4.03. The second-order valence-electron chi connectivity index (χ2n) is 6.04. The van der Waals surface area contributed by atoms with Crippen molar-refractivity contribution in [1.82, 2.24) is 0 Å². The van der Waals surface area contributed by atoms with Crippen LogP contribution in [-0.4, -0.2) is 12.1 Å². The first-order valence-electron chi connectivity index (χ1n) is 7.48. The topological polar surface area (TPSA) is 34.1 Å². The molecule has 0 atom stereocenters. The zero-order valence-electron chi connectivity index (χ0n) is 13.0. The number of Topliss-reactive ketones (excluding diaryl/α,β-unsaturated/α-hetero) is 1. The van der Waals surface area contributed by atoms with E-state index in [0.29, 0.717) is 17.8 Å². The van der Waals surface area contributed by atoms with Crippen LogP contribution in [0.4, 0.5) is 0 Å². The minimum absolute atomic E-state index is 0.302. The molecule has 0 spiro atoms. The summed E-state index contributed by atoms with van der Waals surface area (Å²) in [6.07, 6.45) is 0.410. The number of ketones is 1. The third-order valence-electron chi connectivity index (χ3n) is 4.25. The maximum atomic E-state index is 12.2. The Morgan fingerprint density at radius 3 is 2.50 bits per heavy atom. The normalized spacial score (nSPS) is 11.3. The number of hydrogen-bond acceptors (Lipinski definition) is 2. The van der Waals surface area contributed by atoms with Gasteiger partial charge >= 0.3 is 0 Å². The van der Waals surface area contributed by atoms with Gasteiger partial charge < -0.3 is 0 Å². The van der Waals surface area contributed by atoms with Crippen molar-refractivity contribution in [1.29, 1.82) is 0 Å². The Bertz CT molecular complexity index is 904.